The molecule has 15 heavy (non-hydrogen) atoms. The van der Waals surface area contributed by atoms with Crippen molar-refractivity contribution >= 4 is 17.2 Å². The van der Waals surface area contributed by atoms with Gasteiger partial charge in [-0.3, -0.25) is 9.80 Å². The first-order valence-electron chi connectivity index (χ1n) is 5.55. The maximum absolute atomic E-state index is 8.83. The minimum atomic E-state index is 0.243. The highest BCUT2D eigenvalue weighted by Gasteiger charge is 2.23. The quantitative estimate of drug-likeness (QED) is 0.634. The normalized spacial score (nSPS) is 21.5. The molecule has 1 atom stereocenters. The second-order valence-electron chi connectivity index (χ2n) is 3.93. The molecule has 1 rings (SSSR count). The largest absolute Gasteiger partial charge is 0.395 e. The zero-order valence-electron chi connectivity index (χ0n) is 9.35. The number of β-amino-alcohol motifs (C(OH)–C–C–N with tert-alkyl or cyclic N) is 1. The van der Waals surface area contributed by atoms with E-state index in [4.69, 9.17) is 23.1 Å². The van der Waals surface area contributed by atoms with E-state index >= 15 is 0 Å². The topological polar surface area (TPSA) is 52.7 Å². The third kappa shape index (κ3) is 3.68. The van der Waals surface area contributed by atoms with Crippen LogP contribution >= 0.6 is 12.2 Å². The van der Waals surface area contributed by atoms with E-state index in [2.05, 4.69) is 16.7 Å². The lowest BCUT2D eigenvalue weighted by atomic mass is 10.1. The Morgan fingerprint density at radius 3 is 2.40 bits per heavy atom. The molecule has 0 saturated carbocycles. The number of aliphatic hydroxyl groups excluding tert-OH is 1. The summed E-state index contributed by atoms with van der Waals surface area (Å²) in [5.41, 5.74) is 5.71. The standard InChI is InChI=1S/C10H21N3OS/c1-2-9(10(11)15)13-5-3-12(4-6-13)7-8-14/h9,14H,2-8H2,1H3,(H2,11,15). The predicted octanol–water partition coefficient (Wildman–Crippen LogP) is -0.339. The van der Waals surface area contributed by atoms with Crippen LogP contribution in [-0.4, -0.2) is 65.3 Å². The van der Waals surface area contributed by atoms with E-state index in [0.717, 1.165) is 39.1 Å². The van der Waals surface area contributed by atoms with Crippen LogP contribution in [0.25, 0.3) is 0 Å². The van der Waals surface area contributed by atoms with Crippen LogP contribution in [0.1, 0.15) is 13.3 Å². The Hall–Kier alpha value is -0.230. The number of nitrogens with zero attached hydrogens (tertiary/aromatic N) is 2. The molecule has 3 N–H and O–H groups in total. The van der Waals surface area contributed by atoms with Gasteiger partial charge < -0.3 is 10.8 Å². The summed E-state index contributed by atoms with van der Waals surface area (Å²) in [6.45, 7) is 7.12. The summed E-state index contributed by atoms with van der Waals surface area (Å²) in [6.07, 6.45) is 0.981. The molecule has 1 aliphatic heterocycles. The monoisotopic (exact) mass is 231 g/mol. The summed E-state index contributed by atoms with van der Waals surface area (Å²) in [7, 11) is 0. The van der Waals surface area contributed by atoms with E-state index in [1.165, 1.54) is 0 Å². The van der Waals surface area contributed by atoms with Crippen LogP contribution in [0.2, 0.25) is 0 Å². The van der Waals surface area contributed by atoms with Crippen molar-refractivity contribution in [3.8, 4) is 0 Å². The first kappa shape index (κ1) is 12.8. The Morgan fingerprint density at radius 1 is 1.40 bits per heavy atom. The molecule has 0 amide bonds. The lowest BCUT2D eigenvalue weighted by Crippen LogP contribution is -2.53. The number of hydrogen-bond donors (Lipinski definition) is 2. The first-order valence-corrected chi connectivity index (χ1v) is 5.96. The molecule has 0 spiro atoms. The molecule has 0 aromatic rings. The van der Waals surface area contributed by atoms with Crippen molar-refractivity contribution in [2.45, 2.75) is 19.4 Å². The summed E-state index contributed by atoms with van der Waals surface area (Å²) in [5.74, 6) is 0. The average Bonchev–Trinajstić information content (AvgIpc) is 2.21. The summed E-state index contributed by atoms with van der Waals surface area (Å²) in [4.78, 5) is 5.21. The van der Waals surface area contributed by atoms with Crippen LogP contribution in [0.3, 0.4) is 0 Å². The van der Waals surface area contributed by atoms with E-state index < -0.39 is 0 Å². The Labute approximate surface area is 97.0 Å². The number of rotatable bonds is 5. The fraction of sp³-hybridized carbons (Fsp3) is 0.900. The second-order valence-corrected chi connectivity index (χ2v) is 4.40. The number of aliphatic hydroxyl groups is 1. The van der Waals surface area contributed by atoms with Gasteiger partial charge in [-0.2, -0.15) is 0 Å². The zero-order valence-corrected chi connectivity index (χ0v) is 10.2. The molecule has 0 bridgehead atoms. The molecule has 1 aliphatic rings. The Balaban J connectivity index is 2.38. The Morgan fingerprint density at radius 2 is 2.00 bits per heavy atom. The van der Waals surface area contributed by atoms with Gasteiger partial charge in [-0.25, -0.2) is 0 Å². The van der Waals surface area contributed by atoms with Gasteiger partial charge >= 0.3 is 0 Å². The molecule has 1 unspecified atom stereocenters. The van der Waals surface area contributed by atoms with E-state index in [1.54, 1.807) is 0 Å². The predicted molar refractivity (Wildman–Crippen MR) is 66.0 cm³/mol. The van der Waals surface area contributed by atoms with Crippen LogP contribution in [0.5, 0.6) is 0 Å². The minimum absolute atomic E-state index is 0.243. The highest BCUT2D eigenvalue weighted by molar-refractivity contribution is 7.80. The molecule has 1 fully saturated rings. The summed E-state index contributed by atoms with van der Waals surface area (Å²) in [6, 6.07) is 0.247. The summed E-state index contributed by atoms with van der Waals surface area (Å²) < 4.78 is 0. The summed E-state index contributed by atoms with van der Waals surface area (Å²) >= 11 is 5.06. The Kier molecular flexibility index (Phi) is 5.45. The average molecular weight is 231 g/mol. The fourth-order valence-corrected chi connectivity index (χ4v) is 2.40. The smallest absolute Gasteiger partial charge is 0.0901 e. The van der Waals surface area contributed by atoms with E-state index in [1.807, 2.05) is 0 Å². The molecule has 5 heteroatoms. The van der Waals surface area contributed by atoms with Gasteiger partial charge in [0.05, 0.1) is 17.6 Å². The highest BCUT2D eigenvalue weighted by atomic mass is 32.1. The van der Waals surface area contributed by atoms with Gasteiger partial charge in [-0.1, -0.05) is 19.1 Å². The molecule has 1 heterocycles. The third-order valence-corrected chi connectivity index (χ3v) is 3.25. The van der Waals surface area contributed by atoms with Crippen LogP contribution in [-0.2, 0) is 0 Å². The van der Waals surface area contributed by atoms with Crippen LogP contribution in [0.4, 0.5) is 0 Å². The zero-order chi connectivity index (χ0) is 11.3. The number of piperazine rings is 1. The van der Waals surface area contributed by atoms with Crippen molar-refractivity contribution in [3.63, 3.8) is 0 Å². The van der Waals surface area contributed by atoms with E-state index in [9.17, 15) is 0 Å². The maximum Gasteiger partial charge on any atom is 0.0901 e. The number of thiocarbonyl (C=S) groups is 1. The van der Waals surface area contributed by atoms with Crippen LogP contribution < -0.4 is 5.73 Å². The van der Waals surface area contributed by atoms with E-state index in [0.29, 0.717) is 4.99 Å². The van der Waals surface area contributed by atoms with Gasteiger partial charge in [0.15, 0.2) is 0 Å². The van der Waals surface area contributed by atoms with Crippen LogP contribution in [0.15, 0.2) is 0 Å². The van der Waals surface area contributed by atoms with Gasteiger partial charge in [0, 0.05) is 32.7 Å². The fourth-order valence-electron chi connectivity index (χ4n) is 2.08. The maximum atomic E-state index is 8.83. The molecular weight excluding hydrogens is 210 g/mol. The van der Waals surface area contributed by atoms with Crippen molar-refractivity contribution < 1.29 is 5.11 Å². The number of hydrogen-bond acceptors (Lipinski definition) is 4. The minimum Gasteiger partial charge on any atom is -0.395 e. The van der Waals surface area contributed by atoms with Gasteiger partial charge in [0.1, 0.15) is 0 Å². The molecule has 88 valence electrons. The molecule has 1 saturated heterocycles. The van der Waals surface area contributed by atoms with Crippen molar-refractivity contribution in [1.82, 2.24) is 9.80 Å². The van der Waals surface area contributed by atoms with Crippen molar-refractivity contribution in [3.05, 3.63) is 0 Å². The molecule has 4 nitrogen and oxygen atoms in total. The van der Waals surface area contributed by atoms with Crippen molar-refractivity contribution in [2.75, 3.05) is 39.3 Å². The van der Waals surface area contributed by atoms with E-state index in [-0.39, 0.29) is 12.6 Å². The molecule has 0 aliphatic carbocycles. The van der Waals surface area contributed by atoms with Crippen molar-refractivity contribution in [1.29, 1.82) is 0 Å². The second kappa shape index (κ2) is 6.37. The van der Waals surface area contributed by atoms with Crippen LogP contribution in [0, 0.1) is 0 Å². The van der Waals surface area contributed by atoms with Gasteiger partial charge in [0.25, 0.3) is 0 Å². The van der Waals surface area contributed by atoms with Crippen molar-refractivity contribution in [2.24, 2.45) is 5.73 Å². The Bertz CT molecular complexity index is 205. The van der Waals surface area contributed by atoms with Gasteiger partial charge in [0.2, 0.25) is 0 Å². The third-order valence-electron chi connectivity index (χ3n) is 2.98. The molecular formula is C10H21N3OS. The molecule has 0 aromatic carbocycles. The summed E-state index contributed by atoms with van der Waals surface area (Å²) in [5, 5.41) is 8.83. The van der Waals surface area contributed by atoms with Gasteiger partial charge in [-0.05, 0) is 6.42 Å². The molecule has 0 radical (unpaired) electrons. The first-order chi connectivity index (χ1) is 7.19. The van der Waals surface area contributed by atoms with Gasteiger partial charge in [-0.15, -0.1) is 0 Å². The number of nitrogens with two attached hydrogens (primary N) is 1. The lowest BCUT2D eigenvalue weighted by Gasteiger charge is -2.38. The highest BCUT2D eigenvalue weighted by Crippen LogP contribution is 2.09. The lowest BCUT2D eigenvalue weighted by molar-refractivity contribution is 0.100. The SMILES string of the molecule is CCC(C(N)=S)N1CCN(CCO)CC1. The molecule has 0 aromatic heterocycles.